The summed E-state index contributed by atoms with van der Waals surface area (Å²) in [7, 11) is 0. The van der Waals surface area contributed by atoms with Crippen molar-refractivity contribution in [2.45, 2.75) is 26.3 Å². The number of rotatable bonds is 7. The van der Waals surface area contributed by atoms with Crippen LogP contribution in [0.3, 0.4) is 0 Å². The van der Waals surface area contributed by atoms with Gasteiger partial charge in [0.1, 0.15) is 5.82 Å². The van der Waals surface area contributed by atoms with Gasteiger partial charge in [-0.05, 0) is 55.2 Å². The second-order valence-electron chi connectivity index (χ2n) is 6.55. The number of hydrogen-bond acceptors (Lipinski definition) is 3. The van der Waals surface area contributed by atoms with Gasteiger partial charge in [-0.1, -0.05) is 18.2 Å². The molecule has 1 aliphatic carbocycles. The maximum absolute atomic E-state index is 12.9. The fraction of sp³-hybridized carbons (Fsp3) is 0.300. The van der Waals surface area contributed by atoms with Gasteiger partial charge in [-0.3, -0.25) is 9.59 Å². The Labute approximate surface area is 152 Å². The molecule has 0 radical (unpaired) electrons. The zero-order valence-electron chi connectivity index (χ0n) is 14.6. The SMILES string of the molecule is Cc1ccc(NC(=O)C2CC2)cc1NCC(=O)NCc1ccc(F)cc1. The summed E-state index contributed by atoms with van der Waals surface area (Å²) in [6.07, 6.45) is 1.91. The highest BCUT2D eigenvalue weighted by molar-refractivity contribution is 5.94. The predicted molar refractivity (Wildman–Crippen MR) is 99.3 cm³/mol. The molecule has 136 valence electrons. The molecule has 2 aromatic carbocycles. The number of hydrogen-bond donors (Lipinski definition) is 3. The lowest BCUT2D eigenvalue weighted by Crippen LogP contribution is -2.29. The fourth-order valence-electron chi connectivity index (χ4n) is 2.52. The lowest BCUT2D eigenvalue weighted by atomic mass is 10.1. The largest absolute Gasteiger partial charge is 0.376 e. The van der Waals surface area contributed by atoms with Crippen LogP contribution in [0.1, 0.15) is 24.0 Å². The van der Waals surface area contributed by atoms with E-state index in [9.17, 15) is 14.0 Å². The fourth-order valence-corrected chi connectivity index (χ4v) is 2.52. The van der Waals surface area contributed by atoms with Crippen molar-refractivity contribution in [1.29, 1.82) is 0 Å². The molecule has 0 bridgehead atoms. The Morgan fingerprint density at radius 1 is 1.12 bits per heavy atom. The van der Waals surface area contributed by atoms with E-state index in [-0.39, 0.29) is 30.1 Å². The molecule has 3 rings (SSSR count). The van der Waals surface area contributed by atoms with Crippen molar-refractivity contribution in [3.05, 3.63) is 59.4 Å². The van der Waals surface area contributed by atoms with E-state index in [2.05, 4.69) is 16.0 Å². The monoisotopic (exact) mass is 355 g/mol. The first-order valence-corrected chi connectivity index (χ1v) is 8.68. The zero-order valence-corrected chi connectivity index (χ0v) is 14.6. The molecule has 6 heteroatoms. The molecule has 0 saturated heterocycles. The molecule has 1 aliphatic rings. The van der Waals surface area contributed by atoms with Gasteiger partial charge in [0.2, 0.25) is 11.8 Å². The predicted octanol–water partition coefficient (Wildman–Crippen LogP) is 3.21. The van der Waals surface area contributed by atoms with Gasteiger partial charge in [0, 0.05) is 23.8 Å². The first-order chi connectivity index (χ1) is 12.5. The molecular formula is C20H22FN3O2. The van der Waals surface area contributed by atoms with Gasteiger partial charge in [0.05, 0.1) is 6.54 Å². The summed E-state index contributed by atoms with van der Waals surface area (Å²) in [4.78, 5) is 23.9. The molecule has 3 N–H and O–H groups in total. The Kier molecular flexibility index (Phi) is 5.51. The number of carbonyl (C=O) groups is 2. The first-order valence-electron chi connectivity index (χ1n) is 8.68. The van der Waals surface area contributed by atoms with Crippen molar-refractivity contribution in [2.75, 3.05) is 17.2 Å². The van der Waals surface area contributed by atoms with E-state index >= 15 is 0 Å². The Bertz CT molecular complexity index is 801. The summed E-state index contributed by atoms with van der Waals surface area (Å²) in [5.41, 5.74) is 3.35. The van der Waals surface area contributed by atoms with Gasteiger partial charge in [0.15, 0.2) is 0 Å². The quantitative estimate of drug-likeness (QED) is 0.714. The van der Waals surface area contributed by atoms with E-state index in [1.165, 1.54) is 12.1 Å². The van der Waals surface area contributed by atoms with Crippen LogP contribution in [0.5, 0.6) is 0 Å². The van der Waals surface area contributed by atoms with Crippen molar-refractivity contribution < 1.29 is 14.0 Å². The van der Waals surface area contributed by atoms with Crippen LogP contribution in [0.4, 0.5) is 15.8 Å². The lowest BCUT2D eigenvalue weighted by molar-refractivity contribution is -0.119. The second-order valence-corrected chi connectivity index (χ2v) is 6.55. The Morgan fingerprint density at radius 2 is 1.85 bits per heavy atom. The normalized spacial score (nSPS) is 13.2. The third-order valence-electron chi connectivity index (χ3n) is 4.30. The van der Waals surface area contributed by atoms with Gasteiger partial charge in [-0.15, -0.1) is 0 Å². The van der Waals surface area contributed by atoms with Crippen LogP contribution in [-0.2, 0) is 16.1 Å². The number of amides is 2. The van der Waals surface area contributed by atoms with Crippen LogP contribution in [-0.4, -0.2) is 18.4 Å². The molecule has 0 atom stereocenters. The molecule has 0 aliphatic heterocycles. The molecule has 1 fully saturated rings. The van der Waals surface area contributed by atoms with Gasteiger partial charge in [0.25, 0.3) is 0 Å². The summed E-state index contributed by atoms with van der Waals surface area (Å²) < 4.78 is 12.9. The highest BCUT2D eigenvalue weighted by Crippen LogP contribution is 2.30. The minimum atomic E-state index is -0.300. The molecule has 5 nitrogen and oxygen atoms in total. The number of halogens is 1. The minimum Gasteiger partial charge on any atom is -0.376 e. The summed E-state index contributed by atoms with van der Waals surface area (Å²) in [5.74, 6) is -0.270. The molecule has 26 heavy (non-hydrogen) atoms. The molecule has 0 heterocycles. The number of carbonyl (C=O) groups excluding carboxylic acids is 2. The smallest absolute Gasteiger partial charge is 0.239 e. The second kappa shape index (κ2) is 7.99. The maximum Gasteiger partial charge on any atom is 0.239 e. The van der Waals surface area contributed by atoms with Crippen LogP contribution < -0.4 is 16.0 Å². The summed E-state index contributed by atoms with van der Waals surface area (Å²) >= 11 is 0. The van der Waals surface area contributed by atoms with Gasteiger partial charge >= 0.3 is 0 Å². The topological polar surface area (TPSA) is 70.2 Å². The third kappa shape index (κ3) is 5.05. The van der Waals surface area contributed by atoms with Crippen molar-refractivity contribution in [2.24, 2.45) is 5.92 Å². The highest BCUT2D eigenvalue weighted by atomic mass is 19.1. The van der Waals surface area contributed by atoms with E-state index in [0.29, 0.717) is 6.54 Å². The minimum absolute atomic E-state index is 0.0526. The van der Waals surface area contributed by atoms with Gasteiger partial charge < -0.3 is 16.0 Å². The molecule has 0 spiro atoms. The molecule has 0 aromatic heterocycles. The molecule has 2 aromatic rings. The first kappa shape index (κ1) is 17.9. The average Bonchev–Trinajstić information content (AvgIpc) is 3.47. The average molecular weight is 355 g/mol. The van der Waals surface area contributed by atoms with Crippen LogP contribution in [0.2, 0.25) is 0 Å². The van der Waals surface area contributed by atoms with E-state index < -0.39 is 0 Å². The lowest BCUT2D eigenvalue weighted by Gasteiger charge is -2.12. The summed E-state index contributed by atoms with van der Waals surface area (Å²) in [6, 6.07) is 11.6. The summed E-state index contributed by atoms with van der Waals surface area (Å²) in [6.45, 7) is 2.39. The number of anilines is 2. The summed E-state index contributed by atoms with van der Waals surface area (Å²) in [5, 5.41) is 8.78. The standard InChI is InChI=1S/C20H22FN3O2/c1-13-2-9-17(24-20(26)15-5-6-15)10-18(13)22-12-19(25)23-11-14-3-7-16(21)8-4-14/h2-4,7-10,15,22H,5-6,11-12H2,1H3,(H,23,25)(H,24,26). The van der Waals surface area contributed by atoms with E-state index in [1.54, 1.807) is 12.1 Å². The Morgan fingerprint density at radius 3 is 2.54 bits per heavy atom. The van der Waals surface area contributed by atoms with Crippen LogP contribution in [0, 0.1) is 18.7 Å². The van der Waals surface area contributed by atoms with Crippen molar-refractivity contribution in [3.63, 3.8) is 0 Å². The number of nitrogens with one attached hydrogen (secondary N) is 3. The van der Waals surface area contributed by atoms with Gasteiger partial charge in [-0.25, -0.2) is 4.39 Å². The van der Waals surface area contributed by atoms with E-state index in [4.69, 9.17) is 0 Å². The highest BCUT2D eigenvalue weighted by Gasteiger charge is 2.29. The molecular weight excluding hydrogens is 333 g/mol. The molecule has 1 saturated carbocycles. The maximum atomic E-state index is 12.9. The van der Waals surface area contributed by atoms with Crippen LogP contribution >= 0.6 is 0 Å². The molecule has 2 amide bonds. The van der Waals surface area contributed by atoms with Crippen molar-refractivity contribution in [1.82, 2.24) is 5.32 Å². The van der Waals surface area contributed by atoms with E-state index in [1.807, 2.05) is 25.1 Å². The number of benzene rings is 2. The van der Waals surface area contributed by atoms with Crippen LogP contribution in [0.15, 0.2) is 42.5 Å². The number of aryl methyl sites for hydroxylation is 1. The third-order valence-corrected chi connectivity index (χ3v) is 4.30. The molecule has 0 unspecified atom stereocenters. The van der Waals surface area contributed by atoms with Crippen molar-refractivity contribution >= 4 is 23.2 Å². The van der Waals surface area contributed by atoms with Crippen molar-refractivity contribution in [3.8, 4) is 0 Å². The Balaban J connectivity index is 1.50. The Hall–Kier alpha value is -2.89. The van der Waals surface area contributed by atoms with Gasteiger partial charge in [-0.2, -0.15) is 0 Å². The van der Waals surface area contributed by atoms with Crippen LogP contribution in [0.25, 0.3) is 0 Å². The zero-order chi connectivity index (χ0) is 18.5. The van der Waals surface area contributed by atoms with E-state index in [0.717, 1.165) is 35.3 Å².